The lowest BCUT2D eigenvalue weighted by Crippen LogP contribution is -2.52. The zero-order chi connectivity index (χ0) is 29.8. The third kappa shape index (κ3) is 8.94. The van der Waals surface area contributed by atoms with Gasteiger partial charge in [0.25, 0.3) is 12.0 Å². The van der Waals surface area contributed by atoms with Crippen molar-refractivity contribution in [3.63, 3.8) is 0 Å². The van der Waals surface area contributed by atoms with Crippen LogP contribution < -0.4 is 16.0 Å². The van der Waals surface area contributed by atoms with Crippen molar-refractivity contribution in [2.24, 2.45) is 0 Å². The third-order valence-corrected chi connectivity index (χ3v) is 8.32. The number of nitrogens with one attached hydrogen (secondary N) is 3. The Morgan fingerprint density at radius 1 is 0.921 bits per heavy atom. The topological polar surface area (TPSA) is 168 Å². The molecule has 4 N–H and O–H groups in total. The molecule has 1 aromatic carbocycles. The Hall–Kier alpha value is -1.15. The summed E-state index contributed by atoms with van der Waals surface area (Å²) in [6.07, 6.45) is -11.8. The van der Waals surface area contributed by atoms with E-state index in [0.29, 0.717) is 3.57 Å². The van der Waals surface area contributed by atoms with E-state index < -0.39 is 64.2 Å². The van der Waals surface area contributed by atoms with Crippen LogP contribution in [-0.4, -0.2) is 60.7 Å². The molecule has 1 rings (SSSR count). The predicted octanol–water partition coefficient (Wildman–Crippen LogP) is 3.88. The molecule has 0 spiro atoms. The molecule has 214 valence electrons. The van der Waals surface area contributed by atoms with Crippen LogP contribution in [0.25, 0.3) is 0 Å². The second kappa shape index (κ2) is 13.5. The van der Waals surface area contributed by atoms with Crippen LogP contribution in [0.4, 0.5) is 33.3 Å². The van der Waals surface area contributed by atoms with E-state index in [1.807, 2.05) is 22.6 Å². The summed E-state index contributed by atoms with van der Waals surface area (Å²) in [7, 11) is -6.57. The van der Waals surface area contributed by atoms with Gasteiger partial charge in [-0.25, -0.2) is 0 Å². The first-order chi connectivity index (χ1) is 17.1. The van der Waals surface area contributed by atoms with Crippen molar-refractivity contribution in [3.05, 3.63) is 16.3 Å². The SMILES string of the molecule is CC(=O)Nc1c(I)c(NC(C)=O)c(I)c(C(=O)NCCCC(=O)OC(C(F)(F)F)C(F)(F)S(=O)(=O)O)c1I. The fourth-order valence-corrected chi connectivity index (χ4v) is 7.26. The van der Waals surface area contributed by atoms with Gasteiger partial charge in [-0.15, -0.1) is 0 Å². The molecule has 0 radical (unpaired) electrons. The Balaban J connectivity index is 3.04. The van der Waals surface area contributed by atoms with Crippen LogP contribution in [0, 0.1) is 10.7 Å². The first kappa shape index (κ1) is 34.9. The number of carbonyl (C=O) groups excluding carboxylic acids is 4. The molecular weight excluding hydrogens is 894 g/mol. The van der Waals surface area contributed by atoms with Crippen molar-refractivity contribution >= 4 is 113 Å². The van der Waals surface area contributed by atoms with Gasteiger partial charge in [-0.05, 0) is 74.2 Å². The maximum Gasteiger partial charge on any atom is 0.432 e. The number of alkyl halides is 5. The summed E-state index contributed by atoms with van der Waals surface area (Å²) in [6, 6.07) is 0. The van der Waals surface area contributed by atoms with Gasteiger partial charge >= 0.3 is 27.5 Å². The largest absolute Gasteiger partial charge is 0.445 e. The third-order valence-electron chi connectivity index (χ3n) is 4.19. The minimum Gasteiger partial charge on any atom is -0.445 e. The van der Waals surface area contributed by atoms with E-state index in [2.05, 4.69) is 20.7 Å². The average molecular weight is 911 g/mol. The van der Waals surface area contributed by atoms with Crippen LogP contribution in [0.2, 0.25) is 0 Å². The molecular formula is C18H17F5I3N3O8S. The normalized spacial score (nSPS) is 12.9. The number of amides is 3. The first-order valence-electron chi connectivity index (χ1n) is 9.77. The lowest BCUT2D eigenvalue weighted by Gasteiger charge is -2.26. The zero-order valence-electron chi connectivity index (χ0n) is 18.9. The van der Waals surface area contributed by atoms with Crippen LogP contribution in [0.1, 0.15) is 37.0 Å². The quantitative estimate of drug-likeness (QED) is 0.0903. The molecule has 1 unspecified atom stereocenters. The lowest BCUT2D eigenvalue weighted by molar-refractivity contribution is -0.259. The number of rotatable bonds is 10. The van der Waals surface area contributed by atoms with Gasteiger partial charge in [0.05, 0.1) is 27.6 Å². The highest BCUT2D eigenvalue weighted by atomic mass is 127. The van der Waals surface area contributed by atoms with Gasteiger partial charge in [0.15, 0.2) is 0 Å². The smallest absolute Gasteiger partial charge is 0.432 e. The fraction of sp³-hybridized carbons (Fsp3) is 0.444. The van der Waals surface area contributed by atoms with Gasteiger partial charge in [0.2, 0.25) is 11.8 Å². The number of esters is 1. The molecule has 1 atom stereocenters. The molecule has 1 aromatic rings. The number of hydrogen-bond acceptors (Lipinski definition) is 7. The summed E-state index contributed by atoms with van der Waals surface area (Å²) in [5.41, 5.74) is 0.440. The Morgan fingerprint density at radius 3 is 1.74 bits per heavy atom. The van der Waals surface area contributed by atoms with Crippen molar-refractivity contribution in [1.82, 2.24) is 5.32 Å². The van der Waals surface area contributed by atoms with Gasteiger partial charge in [0.1, 0.15) is 0 Å². The Bertz CT molecular complexity index is 1200. The minimum atomic E-state index is -6.57. The highest BCUT2D eigenvalue weighted by Crippen LogP contribution is 2.39. The van der Waals surface area contributed by atoms with E-state index in [0.717, 1.165) is 0 Å². The predicted molar refractivity (Wildman–Crippen MR) is 147 cm³/mol. The van der Waals surface area contributed by atoms with Crippen LogP contribution in [0.5, 0.6) is 0 Å². The summed E-state index contributed by atoms with van der Waals surface area (Å²) in [5, 5.41) is 1.61. The molecule has 0 heterocycles. The zero-order valence-corrected chi connectivity index (χ0v) is 26.2. The second-order valence-corrected chi connectivity index (χ2v) is 12.0. The van der Waals surface area contributed by atoms with Crippen molar-refractivity contribution in [2.75, 3.05) is 17.2 Å². The summed E-state index contributed by atoms with van der Waals surface area (Å²) >= 11 is 5.41. The van der Waals surface area contributed by atoms with Crippen LogP contribution in [0.3, 0.4) is 0 Å². The molecule has 20 heteroatoms. The number of anilines is 2. The van der Waals surface area contributed by atoms with Crippen LogP contribution in [0.15, 0.2) is 0 Å². The molecule has 0 aliphatic rings. The van der Waals surface area contributed by atoms with Gasteiger partial charge in [0, 0.05) is 26.8 Å². The summed E-state index contributed by atoms with van der Waals surface area (Å²) in [4.78, 5) is 47.8. The molecule has 38 heavy (non-hydrogen) atoms. The number of halogens is 8. The van der Waals surface area contributed by atoms with Crippen molar-refractivity contribution in [1.29, 1.82) is 0 Å². The average Bonchev–Trinajstić information content (AvgIpc) is 2.73. The van der Waals surface area contributed by atoms with Gasteiger partial charge < -0.3 is 20.7 Å². The molecule has 0 aliphatic heterocycles. The van der Waals surface area contributed by atoms with Crippen LogP contribution in [-0.2, 0) is 29.2 Å². The minimum absolute atomic E-state index is 0.00613. The van der Waals surface area contributed by atoms with E-state index in [-0.39, 0.29) is 30.6 Å². The first-order valence-corrected chi connectivity index (χ1v) is 14.4. The second-order valence-electron chi connectivity index (χ2n) is 7.24. The van der Waals surface area contributed by atoms with Crippen molar-refractivity contribution < 1.29 is 58.8 Å². The molecule has 11 nitrogen and oxygen atoms in total. The van der Waals surface area contributed by atoms with Crippen molar-refractivity contribution in [2.45, 2.75) is 44.2 Å². The highest BCUT2D eigenvalue weighted by molar-refractivity contribution is 14.1. The van der Waals surface area contributed by atoms with E-state index in [1.165, 1.54) is 13.8 Å². The molecule has 0 fully saturated rings. The van der Waals surface area contributed by atoms with E-state index in [1.54, 1.807) is 45.2 Å². The van der Waals surface area contributed by atoms with E-state index in [4.69, 9.17) is 4.55 Å². The molecule has 0 aliphatic carbocycles. The van der Waals surface area contributed by atoms with Gasteiger partial charge in [-0.3, -0.25) is 23.7 Å². The summed E-state index contributed by atoms with van der Waals surface area (Å²) in [5.74, 6) is -3.59. The Labute approximate surface area is 252 Å². The van der Waals surface area contributed by atoms with Gasteiger partial charge in [-0.2, -0.15) is 30.4 Å². The summed E-state index contributed by atoms with van der Waals surface area (Å²) < 4.78 is 99.9. The number of benzene rings is 1. The Kier molecular flexibility index (Phi) is 12.4. The maximum absolute atomic E-state index is 13.5. The monoisotopic (exact) mass is 911 g/mol. The van der Waals surface area contributed by atoms with Gasteiger partial charge in [-0.1, -0.05) is 0 Å². The van der Waals surface area contributed by atoms with Crippen LogP contribution >= 0.6 is 67.8 Å². The maximum atomic E-state index is 13.5. The lowest BCUT2D eigenvalue weighted by atomic mass is 10.1. The molecule has 0 saturated carbocycles. The molecule has 0 bridgehead atoms. The standard InChI is InChI=1S/C18H17F5I3N3O8S/c1-6(30)28-13-10(24)9(11(25)14(12(13)26)29-7(2)31)15(33)27-5-3-4-8(32)37-16(17(19,20)21)18(22,23)38(34,35)36/h16H,3-5H2,1-2H3,(H,27,33)(H,28,30)(H,29,31)(H,34,35,36). The molecule has 0 aromatic heterocycles. The fourth-order valence-electron chi connectivity index (χ4n) is 2.61. The number of carbonyl (C=O) groups is 4. The summed E-state index contributed by atoms with van der Waals surface area (Å²) in [6.45, 7) is 2.06. The molecule has 0 saturated heterocycles. The number of hydrogen-bond donors (Lipinski definition) is 4. The van der Waals surface area contributed by atoms with Crippen molar-refractivity contribution in [3.8, 4) is 0 Å². The molecule has 3 amide bonds. The highest BCUT2D eigenvalue weighted by Gasteiger charge is 2.66. The Morgan fingerprint density at radius 2 is 1.37 bits per heavy atom. The number of ether oxygens (including phenoxy) is 1. The van der Waals surface area contributed by atoms with E-state index >= 15 is 0 Å². The van der Waals surface area contributed by atoms with E-state index in [9.17, 15) is 49.5 Å².